The van der Waals surface area contributed by atoms with E-state index >= 15 is 0 Å². The molecule has 0 amide bonds. The summed E-state index contributed by atoms with van der Waals surface area (Å²) in [6.45, 7) is 8.15. The minimum absolute atomic E-state index is 0.00507. The van der Waals surface area contributed by atoms with Crippen molar-refractivity contribution in [2.24, 2.45) is 0 Å². The summed E-state index contributed by atoms with van der Waals surface area (Å²) >= 11 is 0. The molecule has 1 aromatic carbocycles. The van der Waals surface area contributed by atoms with Crippen LogP contribution in [0.15, 0.2) is 16.9 Å². The van der Waals surface area contributed by atoms with Crippen LogP contribution in [-0.2, 0) is 0 Å². The predicted octanol–water partition coefficient (Wildman–Crippen LogP) is 3.55. The third kappa shape index (κ3) is 2.17. The molecule has 0 saturated heterocycles. The zero-order valence-electron chi connectivity index (χ0n) is 12.5. The number of aromatic nitrogens is 2. The van der Waals surface area contributed by atoms with Crippen molar-refractivity contribution >= 4 is 0 Å². The Bertz CT molecular complexity index is 739. The topological polar surface area (TPSA) is 45.8 Å². The molecular weight excluding hydrogens is 248 g/mol. The average molecular weight is 268 g/mol. The summed E-state index contributed by atoms with van der Waals surface area (Å²) in [5.74, 6) is 1.31. The van der Waals surface area contributed by atoms with Gasteiger partial charge in [0.25, 0.3) is 5.56 Å². The molecule has 1 N–H and O–H groups in total. The number of nitrogens with zero attached hydrogens (tertiary/aromatic N) is 1. The fourth-order valence-corrected chi connectivity index (χ4v) is 2.58. The summed E-state index contributed by atoms with van der Waals surface area (Å²) in [4.78, 5) is 19.8. The largest absolute Gasteiger partial charge is 0.310 e. The van der Waals surface area contributed by atoms with Gasteiger partial charge in [-0.1, -0.05) is 6.07 Å². The molecule has 1 aliphatic carbocycles. The fraction of sp³-hybridized carbons (Fsp3) is 0.412. The Balaban J connectivity index is 2.23. The molecule has 0 radical (unpaired) electrons. The highest BCUT2D eigenvalue weighted by Gasteiger charge is 2.27. The monoisotopic (exact) mass is 268 g/mol. The molecule has 0 atom stereocenters. The third-order valence-corrected chi connectivity index (χ3v) is 4.23. The van der Waals surface area contributed by atoms with E-state index in [0.717, 1.165) is 29.9 Å². The maximum absolute atomic E-state index is 12.1. The number of aryl methyl sites for hydroxylation is 3. The summed E-state index contributed by atoms with van der Waals surface area (Å²) in [5.41, 5.74) is 6.32. The first-order chi connectivity index (χ1) is 9.47. The summed E-state index contributed by atoms with van der Waals surface area (Å²) < 4.78 is 0. The van der Waals surface area contributed by atoms with Gasteiger partial charge < -0.3 is 4.98 Å². The van der Waals surface area contributed by atoms with Gasteiger partial charge >= 0.3 is 0 Å². The van der Waals surface area contributed by atoms with E-state index in [-0.39, 0.29) is 5.56 Å². The van der Waals surface area contributed by atoms with Crippen LogP contribution in [0.3, 0.4) is 0 Å². The van der Waals surface area contributed by atoms with Crippen LogP contribution >= 0.6 is 0 Å². The molecule has 1 aromatic heterocycles. The SMILES string of the molecule is Cc1cc(C)c(-c2nc(C3CC3)[nH]c(=O)c2C)cc1C. The molecule has 0 aliphatic heterocycles. The van der Waals surface area contributed by atoms with Crippen molar-refractivity contribution < 1.29 is 0 Å². The molecule has 3 rings (SSSR count). The average Bonchev–Trinajstić information content (AvgIpc) is 3.21. The molecule has 0 bridgehead atoms. The molecule has 1 saturated carbocycles. The number of nitrogens with one attached hydrogen (secondary N) is 1. The Morgan fingerprint density at radius 3 is 2.35 bits per heavy atom. The first kappa shape index (κ1) is 13.1. The van der Waals surface area contributed by atoms with E-state index in [1.54, 1.807) is 0 Å². The van der Waals surface area contributed by atoms with Gasteiger partial charge in [0, 0.05) is 17.0 Å². The lowest BCUT2D eigenvalue weighted by molar-refractivity contribution is 0.900. The second-order valence-corrected chi connectivity index (χ2v) is 5.95. The molecule has 20 heavy (non-hydrogen) atoms. The van der Waals surface area contributed by atoms with Gasteiger partial charge in [0.1, 0.15) is 5.82 Å². The number of rotatable bonds is 2. The number of H-pyrrole nitrogens is 1. The minimum Gasteiger partial charge on any atom is -0.310 e. The predicted molar refractivity (Wildman–Crippen MR) is 81.2 cm³/mol. The van der Waals surface area contributed by atoms with Crippen LogP contribution in [0.2, 0.25) is 0 Å². The van der Waals surface area contributed by atoms with Crippen LogP contribution in [0.5, 0.6) is 0 Å². The van der Waals surface area contributed by atoms with Gasteiger partial charge in [-0.3, -0.25) is 4.79 Å². The first-order valence-electron chi connectivity index (χ1n) is 7.16. The quantitative estimate of drug-likeness (QED) is 0.905. The van der Waals surface area contributed by atoms with E-state index in [2.05, 4.69) is 37.9 Å². The maximum atomic E-state index is 12.1. The normalized spacial score (nSPS) is 14.6. The fourth-order valence-electron chi connectivity index (χ4n) is 2.58. The Morgan fingerprint density at radius 1 is 1.05 bits per heavy atom. The number of hydrogen-bond acceptors (Lipinski definition) is 2. The lowest BCUT2D eigenvalue weighted by Crippen LogP contribution is -2.16. The van der Waals surface area contributed by atoms with Gasteiger partial charge in [0.15, 0.2) is 0 Å². The zero-order chi connectivity index (χ0) is 14.4. The van der Waals surface area contributed by atoms with E-state index in [1.807, 2.05) is 6.92 Å². The smallest absolute Gasteiger partial charge is 0.254 e. The van der Waals surface area contributed by atoms with Gasteiger partial charge in [-0.05, 0) is 63.3 Å². The highest BCUT2D eigenvalue weighted by molar-refractivity contribution is 5.68. The molecule has 2 aromatic rings. The Labute approximate surface area is 119 Å². The van der Waals surface area contributed by atoms with Crippen LogP contribution in [0.25, 0.3) is 11.3 Å². The van der Waals surface area contributed by atoms with Crippen molar-refractivity contribution in [3.05, 3.63) is 50.6 Å². The first-order valence-corrected chi connectivity index (χ1v) is 7.16. The van der Waals surface area contributed by atoms with Gasteiger partial charge in [0.05, 0.1) is 5.69 Å². The lowest BCUT2D eigenvalue weighted by Gasteiger charge is -2.12. The second kappa shape index (κ2) is 4.58. The highest BCUT2D eigenvalue weighted by atomic mass is 16.1. The summed E-state index contributed by atoms with van der Waals surface area (Å²) in [5, 5.41) is 0. The molecule has 1 heterocycles. The van der Waals surface area contributed by atoms with Gasteiger partial charge in [-0.15, -0.1) is 0 Å². The summed E-state index contributed by atoms with van der Waals surface area (Å²) in [7, 11) is 0. The number of benzene rings is 1. The van der Waals surface area contributed by atoms with E-state index in [9.17, 15) is 4.79 Å². The summed E-state index contributed by atoms with van der Waals surface area (Å²) in [6.07, 6.45) is 2.27. The van der Waals surface area contributed by atoms with Crippen LogP contribution in [0, 0.1) is 27.7 Å². The Morgan fingerprint density at radius 2 is 1.70 bits per heavy atom. The molecule has 1 aliphatic rings. The van der Waals surface area contributed by atoms with Crippen molar-refractivity contribution in [2.75, 3.05) is 0 Å². The molecule has 3 heteroatoms. The highest BCUT2D eigenvalue weighted by Crippen LogP contribution is 2.38. The molecule has 0 unspecified atom stereocenters. The van der Waals surface area contributed by atoms with Crippen LogP contribution in [-0.4, -0.2) is 9.97 Å². The molecule has 0 spiro atoms. The van der Waals surface area contributed by atoms with Gasteiger partial charge in [-0.2, -0.15) is 0 Å². The standard InChI is InChI=1S/C17H20N2O/c1-9-7-11(3)14(8-10(9)2)15-12(4)17(20)19-16(18-15)13-5-6-13/h7-8,13H,5-6H2,1-4H3,(H,18,19,20). The maximum Gasteiger partial charge on any atom is 0.254 e. The molecule has 3 nitrogen and oxygen atoms in total. The Hall–Kier alpha value is -1.90. The van der Waals surface area contributed by atoms with E-state index in [4.69, 9.17) is 4.98 Å². The van der Waals surface area contributed by atoms with Crippen LogP contribution in [0.1, 0.15) is 46.8 Å². The van der Waals surface area contributed by atoms with Crippen molar-refractivity contribution in [2.45, 2.75) is 46.5 Å². The second-order valence-electron chi connectivity index (χ2n) is 5.95. The molecule has 104 valence electrons. The van der Waals surface area contributed by atoms with Crippen molar-refractivity contribution in [1.82, 2.24) is 9.97 Å². The van der Waals surface area contributed by atoms with Crippen molar-refractivity contribution in [3.8, 4) is 11.3 Å². The third-order valence-electron chi connectivity index (χ3n) is 4.23. The van der Waals surface area contributed by atoms with Crippen molar-refractivity contribution in [3.63, 3.8) is 0 Å². The van der Waals surface area contributed by atoms with Gasteiger partial charge in [0.2, 0.25) is 0 Å². The van der Waals surface area contributed by atoms with E-state index < -0.39 is 0 Å². The minimum atomic E-state index is -0.00507. The lowest BCUT2D eigenvalue weighted by atomic mass is 9.97. The number of hydrogen-bond donors (Lipinski definition) is 1. The van der Waals surface area contributed by atoms with Crippen molar-refractivity contribution in [1.29, 1.82) is 0 Å². The summed E-state index contributed by atoms with van der Waals surface area (Å²) in [6, 6.07) is 4.32. The number of aromatic amines is 1. The zero-order valence-corrected chi connectivity index (χ0v) is 12.5. The molecular formula is C17H20N2O. The van der Waals surface area contributed by atoms with E-state index in [0.29, 0.717) is 11.5 Å². The van der Waals surface area contributed by atoms with E-state index in [1.165, 1.54) is 16.7 Å². The van der Waals surface area contributed by atoms with Crippen LogP contribution in [0.4, 0.5) is 0 Å². The Kier molecular flexibility index (Phi) is 3.00. The molecule has 1 fully saturated rings. The van der Waals surface area contributed by atoms with Crippen LogP contribution < -0.4 is 5.56 Å². The van der Waals surface area contributed by atoms with Gasteiger partial charge in [-0.25, -0.2) is 4.98 Å².